The molecule has 1 aromatic carbocycles. The van der Waals surface area contributed by atoms with E-state index in [0.29, 0.717) is 12.0 Å². The summed E-state index contributed by atoms with van der Waals surface area (Å²) in [4.78, 5) is 11.7. The molecule has 1 amide bonds. The second kappa shape index (κ2) is 6.04. The van der Waals surface area contributed by atoms with E-state index in [2.05, 4.69) is 18.5 Å². The SMILES string of the molecule is C=Cc1ccc(CC(=C)C(=O)NC(C)C)cc1. The van der Waals surface area contributed by atoms with Crippen molar-refractivity contribution >= 4 is 12.0 Å². The third-order valence-electron chi connectivity index (χ3n) is 2.37. The molecule has 0 bridgehead atoms. The molecule has 0 spiro atoms. The molecule has 0 aliphatic rings. The number of carbonyl (C=O) groups is 1. The highest BCUT2D eigenvalue weighted by Crippen LogP contribution is 2.10. The first-order chi connectivity index (χ1) is 8.02. The number of benzene rings is 1. The van der Waals surface area contributed by atoms with Crippen LogP contribution >= 0.6 is 0 Å². The first kappa shape index (κ1) is 13.2. The largest absolute Gasteiger partial charge is 0.350 e. The fraction of sp³-hybridized carbons (Fsp3) is 0.267. The zero-order chi connectivity index (χ0) is 12.8. The average Bonchev–Trinajstić information content (AvgIpc) is 2.29. The van der Waals surface area contributed by atoms with Gasteiger partial charge in [0, 0.05) is 18.0 Å². The molecule has 90 valence electrons. The number of amides is 1. The number of rotatable bonds is 5. The Morgan fingerprint density at radius 2 is 1.94 bits per heavy atom. The standard InChI is InChI=1S/C15H19NO/c1-5-13-6-8-14(9-7-13)10-12(4)15(17)16-11(2)3/h5-9,11H,1,4,10H2,2-3H3,(H,16,17). The molecule has 0 aromatic heterocycles. The van der Waals surface area contributed by atoms with Crippen LogP contribution in [0.4, 0.5) is 0 Å². The molecule has 2 heteroatoms. The normalized spacial score (nSPS) is 10.1. The molecular formula is C15H19NO. The lowest BCUT2D eigenvalue weighted by atomic mass is 10.0. The van der Waals surface area contributed by atoms with E-state index in [0.717, 1.165) is 11.1 Å². The Hall–Kier alpha value is -1.83. The van der Waals surface area contributed by atoms with Gasteiger partial charge in [0.2, 0.25) is 5.91 Å². The Morgan fingerprint density at radius 3 is 2.41 bits per heavy atom. The summed E-state index contributed by atoms with van der Waals surface area (Å²) in [6.45, 7) is 11.4. The van der Waals surface area contributed by atoms with Crippen molar-refractivity contribution in [3.63, 3.8) is 0 Å². The second-order valence-electron chi connectivity index (χ2n) is 4.35. The summed E-state index contributed by atoms with van der Waals surface area (Å²) in [5.41, 5.74) is 2.75. The van der Waals surface area contributed by atoms with Crippen LogP contribution in [0.5, 0.6) is 0 Å². The first-order valence-corrected chi connectivity index (χ1v) is 5.73. The molecule has 1 aromatic rings. The molecule has 17 heavy (non-hydrogen) atoms. The Kier molecular flexibility index (Phi) is 4.70. The second-order valence-corrected chi connectivity index (χ2v) is 4.35. The van der Waals surface area contributed by atoms with Crippen LogP contribution in [-0.4, -0.2) is 11.9 Å². The minimum atomic E-state index is -0.0761. The van der Waals surface area contributed by atoms with Gasteiger partial charge in [-0.15, -0.1) is 0 Å². The molecule has 0 atom stereocenters. The summed E-state index contributed by atoms with van der Waals surface area (Å²) in [6, 6.07) is 8.09. The maximum atomic E-state index is 11.7. The van der Waals surface area contributed by atoms with Gasteiger partial charge in [-0.25, -0.2) is 0 Å². The molecule has 0 radical (unpaired) electrons. The minimum Gasteiger partial charge on any atom is -0.350 e. The molecule has 0 unspecified atom stereocenters. The van der Waals surface area contributed by atoms with Crippen molar-refractivity contribution in [3.8, 4) is 0 Å². The smallest absolute Gasteiger partial charge is 0.247 e. The van der Waals surface area contributed by atoms with Crippen molar-refractivity contribution in [3.05, 3.63) is 54.1 Å². The highest BCUT2D eigenvalue weighted by molar-refractivity contribution is 5.93. The molecular weight excluding hydrogens is 210 g/mol. The van der Waals surface area contributed by atoms with Gasteiger partial charge in [0.25, 0.3) is 0 Å². The lowest BCUT2D eigenvalue weighted by molar-refractivity contribution is -0.118. The van der Waals surface area contributed by atoms with Gasteiger partial charge < -0.3 is 5.32 Å². The zero-order valence-electron chi connectivity index (χ0n) is 10.5. The van der Waals surface area contributed by atoms with Crippen LogP contribution in [0, 0.1) is 0 Å². The molecule has 1 rings (SSSR count). The van der Waals surface area contributed by atoms with Gasteiger partial charge in [-0.1, -0.05) is 43.5 Å². The van der Waals surface area contributed by atoms with E-state index in [1.807, 2.05) is 38.1 Å². The van der Waals surface area contributed by atoms with Crippen LogP contribution < -0.4 is 5.32 Å². The molecule has 2 nitrogen and oxygen atoms in total. The first-order valence-electron chi connectivity index (χ1n) is 5.73. The number of hydrogen-bond acceptors (Lipinski definition) is 1. The van der Waals surface area contributed by atoms with E-state index in [9.17, 15) is 4.79 Å². The fourth-order valence-corrected chi connectivity index (χ4v) is 1.46. The van der Waals surface area contributed by atoms with Crippen molar-refractivity contribution in [2.75, 3.05) is 0 Å². The van der Waals surface area contributed by atoms with Gasteiger partial charge in [-0.3, -0.25) is 4.79 Å². The fourth-order valence-electron chi connectivity index (χ4n) is 1.46. The van der Waals surface area contributed by atoms with Gasteiger partial charge in [-0.05, 0) is 25.0 Å². The number of hydrogen-bond donors (Lipinski definition) is 1. The van der Waals surface area contributed by atoms with Crippen LogP contribution in [0.3, 0.4) is 0 Å². The van der Waals surface area contributed by atoms with Crippen molar-refractivity contribution in [2.45, 2.75) is 26.3 Å². The van der Waals surface area contributed by atoms with E-state index < -0.39 is 0 Å². The van der Waals surface area contributed by atoms with Gasteiger partial charge in [0.05, 0.1) is 0 Å². The zero-order valence-corrected chi connectivity index (χ0v) is 10.5. The minimum absolute atomic E-state index is 0.0761. The van der Waals surface area contributed by atoms with E-state index >= 15 is 0 Å². The Bertz CT molecular complexity index is 415. The summed E-state index contributed by atoms with van der Waals surface area (Å²) in [5, 5.41) is 2.83. The molecule has 0 heterocycles. The number of carbonyl (C=O) groups excluding carboxylic acids is 1. The van der Waals surface area contributed by atoms with Gasteiger partial charge in [0.1, 0.15) is 0 Å². The quantitative estimate of drug-likeness (QED) is 0.773. The molecule has 0 fully saturated rings. The summed E-state index contributed by atoms with van der Waals surface area (Å²) in [5.74, 6) is -0.0761. The summed E-state index contributed by atoms with van der Waals surface area (Å²) >= 11 is 0. The van der Waals surface area contributed by atoms with E-state index in [1.54, 1.807) is 6.08 Å². The van der Waals surface area contributed by atoms with E-state index in [-0.39, 0.29) is 11.9 Å². The summed E-state index contributed by atoms with van der Waals surface area (Å²) in [6.07, 6.45) is 2.38. The molecule has 1 N–H and O–H groups in total. The highest BCUT2D eigenvalue weighted by Gasteiger charge is 2.08. The maximum absolute atomic E-state index is 11.7. The molecule has 0 saturated heterocycles. The summed E-state index contributed by atoms with van der Waals surface area (Å²) in [7, 11) is 0. The molecule has 0 aliphatic carbocycles. The molecule has 0 saturated carbocycles. The van der Waals surface area contributed by atoms with Gasteiger partial charge in [0.15, 0.2) is 0 Å². The third-order valence-corrected chi connectivity index (χ3v) is 2.37. The number of nitrogens with one attached hydrogen (secondary N) is 1. The van der Waals surface area contributed by atoms with E-state index in [4.69, 9.17) is 0 Å². The average molecular weight is 229 g/mol. The Labute approximate surface area is 103 Å². The van der Waals surface area contributed by atoms with Crippen molar-refractivity contribution < 1.29 is 4.79 Å². The topological polar surface area (TPSA) is 29.1 Å². The van der Waals surface area contributed by atoms with E-state index in [1.165, 1.54) is 0 Å². The van der Waals surface area contributed by atoms with Crippen LogP contribution in [0.25, 0.3) is 6.08 Å². The van der Waals surface area contributed by atoms with Gasteiger partial charge in [-0.2, -0.15) is 0 Å². The monoisotopic (exact) mass is 229 g/mol. The lowest BCUT2D eigenvalue weighted by Gasteiger charge is -2.10. The lowest BCUT2D eigenvalue weighted by Crippen LogP contribution is -2.31. The Balaban J connectivity index is 2.61. The van der Waals surface area contributed by atoms with Crippen molar-refractivity contribution in [2.24, 2.45) is 0 Å². The predicted octanol–water partition coefficient (Wildman–Crippen LogP) is 2.95. The van der Waals surface area contributed by atoms with Crippen LogP contribution in [0.1, 0.15) is 25.0 Å². The van der Waals surface area contributed by atoms with Crippen LogP contribution in [-0.2, 0) is 11.2 Å². The maximum Gasteiger partial charge on any atom is 0.247 e. The highest BCUT2D eigenvalue weighted by atomic mass is 16.1. The third kappa shape index (κ3) is 4.27. The van der Waals surface area contributed by atoms with Crippen molar-refractivity contribution in [1.29, 1.82) is 0 Å². The molecule has 0 aliphatic heterocycles. The van der Waals surface area contributed by atoms with Crippen LogP contribution in [0.2, 0.25) is 0 Å². The summed E-state index contributed by atoms with van der Waals surface area (Å²) < 4.78 is 0. The predicted molar refractivity (Wildman–Crippen MR) is 72.7 cm³/mol. The Morgan fingerprint density at radius 1 is 1.35 bits per heavy atom. The van der Waals surface area contributed by atoms with Crippen LogP contribution in [0.15, 0.2) is 43.0 Å². The van der Waals surface area contributed by atoms with Gasteiger partial charge >= 0.3 is 0 Å². The van der Waals surface area contributed by atoms with Crippen molar-refractivity contribution in [1.82, 2.24) is 5.32 Å².